The fraction of sp³-hybridized carbons (Fsp3) is 0.417. The molecule has 0 bridgehead atoms. The topological polar surface area (TPSA) is 43.6 Å². The number of nitrogens with zero attached hydrogens (tertiary/aromatic N) is 4. The van der Waals surface area contributed by atoms with Crippen LogP contribution in [0.1, 0.15) is 20.3 Å². The molecule has 0 amide bonds. The molecule has 0 aliphatic carbocycles. The Labute approximate surface area is 105 Å². The summed E-state index contributed by atoms with van der Waals surface area (Å²) in [5.74, 6) is 1.76. The quantitative estimate of drug-likeness (QED) is 0.763. The van der Waals surface area contributed by atoms with Crippen LogP contribution in [0.5, 0.6) is 0 Å². The summed E-state index contributed by atoms with van der Waals surface area (Å²) >= 11 is 1.70. The molecule has 0 aliphatic rings. The van der Waals surface area contributed by atoms with Crippen molar-refractivity contribution < 1.29 is 0 Å². The molecule has 0 N–H and O–H groups in total. The van der Waals surface area contributed by atoms with Gasteiger partial charge in [-0.1, -0.05) is 43.8 Å². The van der Waals surface area contributed by atoms with Crippen molar-refractivity contribution in [3.05, 3.63) is 30.3 Å². The SMILES string of the molecule is CC(C)CCSc1nnnn1-c1ccccc1. The van der Waals surface area contributed by atoms with Crippen molar-refractivity contribution in [1.82, 2.24) is 20.2 Å². The van der Waals surface area contributed by atoms with E-state index >= 15 is 0 Å². The minimum atomic E-state index is 0.712. The highest BCUT2D eigenvalue weighted by Crippen LogP contribution is 2.19. The van der Waals surface area contributed by atoms with Crippen LogP contribution in [0.3, 0.4) is 0 Å². The van der Waals surface area contributed by atoms with Crippen molar-refractivity contribution in [2.24, 2.45) is 5.92 Å². The molecule has 1 aromatic carbocycles. The van der Waals surface area contributed by atoms with Gasteiger partial charge in [-0.05, 0) is 34.9 Å². The molecule has 0 saturated heterocycles. The number of rotatable bonds is 5. The number of hydrogen-bond acceptors (Lipinski definition) is 4. The molecule has 0 radical (unpaired) electrons. The Hall–Kier alpha value is -1.36. The Bertz CT molecular complexity index is 453. The molecule has 4 nitrogen and oxygen atoms in total. The fourth-order valence-electron chi connectivity index (χ4n) is 1.39. The number of aromatic nitrogens is 4. The van der Waals surface area contributed by atoms with Crippen LogP contribution in [0.15, 0.2) is 35.5 Å². The van der Waals surface area contributed by atoms with Crippen LogP contribution in [0, 0.1) is 5.92 Å². The van der Waals surface area contributed by atoms with Gasteiger partial charge in [-0.2, -0.15) is 4.68 Å². The van der Waals surface area contributed by atoms with Crippen molar-refractivity contribution in [3.63, 3.8) is 0 Å². The Morgan fingerprint density at radius 3 is 2.71 bits per heavy atom. The predicted molar refractivity (Wildman–Crippen MR) is 69.3 cm³/mol. The maximum Gasteiger partial charge on any atom is 0.214 e. The molecule has 5 heteroatoms. The standard InChI is InChI=1S/C12H16N4S/c1-10(2)8-9-17-12-13-14-15-16(12)11-6-4-3-5-7-11/h3-7,10H,8-9H2,1-2H3. The lowest BCUT2D eigenvalue weighted by molar-refractivity contribution is 0.631. The summed E-state index contributed by atoms with van der Waals surface area (Å²) in [4.78, 5) is 0. The summed E-state index contributed by atoms with van der Waals surface area (Å²) in [7, 11) is 0. The number of hydrogen-bond donors (Lipinski definition) is 0. The Morgan fingerprint density at radius 2 is 2.00 bits per heavy atom. The summed E-state index contributed by atoms with van der Waals surface area (Å²) in [6, 6.07) is 9.96. The van der Waals surface area contributed by atoms with E-state index in [0.29, 0.717) is 5.92 Å². The molecule has 2 aromatic rings. The molecule has 0 fully saturated rings. The zero-order chi connectivity index (χ0) is 12.1. The maximum atomic E-state index is 4.05. The van der Waals surface area contributed by atoms with E-state index in [0.717, 1.165) is 16.6 Å². The predicted octanol–water partition coefficient (Wildman–Crippen LogP) is 2.80. The average molecular weight is 248 g/mol. The Balaban J connectivity index is 2.07. The van der Waals surface area contributed by atoms with E-state index in [-0.39, 0.29) is 0 Å². The van der Waals surface area contributed by atoms with Gasteiger partial charge >= 0.3 is 0 Å². The lowest BCUT2D eigenvalue weighted by atomic mass is 10.2. The number of thioether (sulfide) groups is 1. The molecular weight excluding hydrogens is 232 g/mol. The molecule has 90 valence electrons. The van der Waals surface area contributed by atoms with Gasteiger partial charge in [0.25, 0.3) is 0 Å². The number of para-hydroxylation sites is 1. The molecule has 17 heavy (non-hydrogen) atoms. The van der Waals surface area contributed by atoms with Crippen LogP contribution in [-0.2, 0) is 0 Å². The summed E-state index contributed by atoms with van der Waals surface area (Å²) in [5.41, 5.74) is 1.00. The van der Waals surface area contributed by atoms with Crippen LogP contribution in [0.2, 0.25) is 0 Å². The van der Waals surface area contributed by atoms with Crippen LogP contribution in [-0.4, -0.2) is 26.0 Å². The van der Waals surface area contributed by atoms with E-state index < -0.39 is 0 Å². The number of tetrazole rings is 1. The monoisotopic (exact) mass is 248 g/mol. The van der Waals surface area contributed by atoms with E-state index in [2.05, 4.69) is 29.4 Å². The van der Waals surface area contributed by atoms with Crippen LogP contribution in [0.25, 0.3) is 5.69 Å². The molecule has 0 aliphatic heterocycles. The van der Waals surface area contributed by atoms with Crippen molar-refractivity contribution in [2.45, 2.75) is 25.4 Å². The lowest BCUT2D eigenvalue weighted by Crippen LogP contribution is -1.99. The molecule has 0 atom stereocenters. The zero-order valence-corrected chi connectivity index (χ0v) is 10.9. The van der Waals surface area contributed by atoms with Gasteiger partial charge in [-0.3, -0.25) is 0 Å². The van der Waals surface area contributed by atoms with E-state index in [1.165, 1.54) is 6.42 Å². The Kier molecular flexibility index (Phi) is 4.14. The first kappa shape index (κ1) is 12.1. The molecule has 0 unspecified atom stereocenters. The molecular formula is C12H16N4S. The maximum absolute atomic E-state index is 4.05. The lowest BCUT2D eigenvalue weighted by Gasteiger charge is -2.05. The van der Waals surface area contributed by atoms with Crippen molar-refractivity contribution in [2.75, 3.05) is 5.75 Å². The second-order valence-corrected chi connectivity index (χ2v) is 5.30. The van der Waals surface area contributed by atoms with E-state index in [1.807, 2.05) is 30.3 Å². The number of benzene rings is 1. The normalized spacial score (nSPS) is 11.0. The first-order chi connectivity index (χ1) is 8.27. The van der Waals surface area contributed by atoms with E-state index in [9.17, 15) is 0 Å². The van der Waals surface area contributed by atoms with Gasteiger partial charge < -0.3 is 0 Å². The van der Waals surface area contributed by atoms with Crippen LogP contribution in [0.4, 0.5) is 0 Å². The Morgan fingerprint density at radius 1 is 1.24 bits per heavy atom. The first-order valence-electron chi connectivity index (χ1n) is 5.74. The van der Waals surface area contributed by atoms with Gasteiger partial charge in [0.1, 0.15) is 0 Å². The third-order valence-corrected chi connectivity index (χ3v) is 3.32. The van der Waals surface area contributed by atoms with E-state index in [4.69, 9.17) is 0 Å². The van der Waals surface area contributed by atoms with E-state index in [1.54, 1.807) is 16.4 Å². The second kappa shape index (κ2) is 5.82. The summed E-state index contributed by atoms with van der Waals surface area (Å²) < 4.78 is 1.78. The highest BCUT2D eigenvalue weighted by molar-refractivity contribution is 7.99. The average Bonchev–Trinajstić information content (AvgIpc) is 2.78. The summed E-state index contributed by atoms with van der Waals surface area (Å²) in [5, 5.41) is 12.7. The minimum Gasteiger partial charge on any atom is -0.188 e. The van der Waals surface area contributed by atoms with Gasteiger partial charge in [0.05, 0.1) is 5.69 Å². The summed E-state index contributed by atoms with van der Waals surface area (Å²) in [6.45, 7) is 4.45. The summed E-state index contributed by atoms with van der Waals surface area (Å²) in [6.07, 6.45) is 1.17. The molecule has 1 heterocycles. The largest absolute Gasteiger partial charge is 0.214 e. The van der Waals surface area contributed by atoms with Gasteiger partial charge in [0, 0.05) is 5.75 Å². The third kappa shape index (κ3) is 3.30. The highest BCUT2D eigenvalue weighted by Gasteiger charge is 2.08. The van der Waals surface area contributed by atoms with Crippen LogP contribution >= 0.6 is 11.8 Å². The van der Waals surface area contributed by atoms with Gasteiger partial charge in [-0.15, -0.1) is 5.10 Å². The third-order valence-electron chi connectivity index (χ3n) is 2.37. The highest BCUT2D eigenvalue weighted by atomic mass is 32.2. The van der Waals surface area contributed by atoms with Crippen LogP contribution < -0.4 is 0 Å². The fourth-order valence-corrected chi connectivity index (χ4v) is 2.52. The molecule has 2 rings (SSSR count). The molecule has 1 aromatic heterocycles. The molecule has 0 spiro atoms. The van der Waals surface area contributed by atoms with Crippen molar-refractivity contribution in [1.29, 1.82) is 0 Å². The van der Waals surface area contributed by atoms with Gasteiger partial charge in [0.15, 0.2) is 0 Å². The molecule has 0 saturated carbocycles. The smallest absolute Gasteiger partial charge is 0.188 e. The minimum absolute atomic E-state index is 0.712. The van der Waals surface area contributed by atoms with Crippen molar-refractivity contribution in [3.8, 4) is 5.69 Å². The zero-order valence-electron chi connectivity index (χ0n) is 10.1. The first-order valence-corrected chi connectivity index (χ1v) is 6.72. The van der Waals surface area contributed by atoms with Crippen molar-refractivity contribution >= 4 is 11.8 Å². The second-order valence-electron chi connectivity index (χ2n) is 4.24. The van der Waals surface area contributed by atoms with Gasteiger partial charge in [-0.25, -0.2) is 0 Å². The van der Waals surface area contributed by atoms with Gasteiger partial charge in [0.2, 0.25) is 5.16 Å².